The van der Waals surface area contributed by atoms with Crippen LogP contribution in [0.4, 0.5) is 0 Å². The second-order valence-corrected chi connectivity index (χ2v) is 5.94. The van der Waals surface area contributed by atoms with Crippen LogP contribution in [0.5, 0.6) is 0 Å². The maximum absolute atomic E-state index is 12.2. The van der Waals surface area contributed by atoms with Gasteiger partial charge in [-0.05, 0) is 20.8 Å². The van der Waals surface area contributed by atoms with Gasteiger partial charge in [0.05, 0.1) is 6.54 Å². The molecule has 0 saturated carbocycles. The van der Waals surface area contributed by atoms with Crippen molar-refractivity contribution in [2.75, 3.05) is 0 Å². The molecule has 0 aromatic carbocycles. The van der Waals surface area contributed by atoms with E-state index in [0.717, 1.165) is 0 Å². The summed E-state index contributed by atoms with van der Waals surface area (Å²) in [5, 5.41) is 7.57. The van der Waals surface area contributed by atoms with E-state index in [1.54, 1.807) is 25.5 Å². The van der Waals surface area contributed by atoms with Gasteiger partial charge in [-0.25, -0.2) is 18.1 Å². The number of rotatable bonds is 5. The van der Waals surface area contributed by atoms with Crippen LogP contribution in [0.3, 0.4) is 0 Å². The molecule has 0 saturated heterocycles. The molecule has 0 amide bonds. The summed E-state index contributed by atoms with van der Waals surface area (Å²) in [5.74, 6) is 0.276. The van der Waals surface area contributed by atoms with Crippen molar-refractivity contribution in [2.24, 2.45) is 0 Å². The standard InChI is InChI=1S/C10H15N5O3S/c1-7(4-15-6-11-5-12-15)14-19(16,17)10-8(2)13-18-9(10)3/h5-7,14H,4H2,1-3H3. The zero-order valence-corrected chi connectivity index (χ0v) is 11.7. The lowest BCUT2D eigenvalue weighted by Crippen LogP contribution is -2.36. The van der Waals surface area contributed by atoms with E-state index in [1.807, 2.05) is 0 Å². The molecule has 0 radical (unpaired) electrons. The second kappa shape index (κ2) is 5.10. The molecular formula is C10H15N5O3S. The van der Waals surface area contributed by atoms with E-state index >= 15 is 0 Å². The van der Waals surface area contributed by atoms with Crippen molar-refractivity contribution in [3.63, 3.8) is 0 Å². The monoisotopic (exact) mass is 285 g/mol. The van der Waals surface area contributed by atoms with Gasteiger partial charge in [-0.15, -0.1) is 0 Å². The van der Waals surface area contributed by atoms with Gasteiger partial charge in [0.1, 0.15) is 23.2 Å². The number of sulfonamides is 1. The minimum atomic E-state index is -3.65. The van der Waals surface area contributed by atoms with Crippen molar-refractivity contribution in [3.8, 4) is 0 Å². The Balaban J connectivity index is 2.13. The van der Waals surface area contributed by atoms with Gasteiger partial charge in [0.2, 0.25) is 10.0 Å². The molecule has 0 fully saturated rings. The van der Waals surface area contributed by atoms with Crippen LogP contribution in [0.15, 0.2) is 22.1 Å². The predicted octanol–water partition coefficient (Wildman–Crippen LogP) is 0.250. The molecule has 0 spiro atoms. The number of aromatic nitrogens is 4. The van der Waals surface area contributed by atoms with Gasteiger partial charge in [-0.2, -0.15) is 5.10 Å². The first-order valence-corrected chi connectivity index (χ1v) is 7.16. The average Bonchev–Trinajstić information content (AvgIpc) is 2.88. The van der Waals surface area contributed by atoms with Gasteiger partial charge in [0.25, 0.3) is 0 Å². The molecule has 104 valence electrons. The number of aryl methyl sites for hydroxylation is 2. The van der Waals surface area contributed by atoms with Crippen LogP contribution in [0.25, 0.3) is 0 Å². The molecule has 2 heterocycles. The van der Waals surface area contributed by atoms with Gasteiger partial charge in [-0.3, -0.25) is 4.68 Å². The molecule has 1 N–H and O–H groups in total. The SMILES string of the molecule is Cc1noc(C)c1S(=O)(=O)NC(C)Cn1cncn1. The molecule has 0 aliphatic carbocycles. The van der Waals surface area contributed by atoms with Crippen LogP contribution in [-0.4, -0.2) is 34.4 Å². The maximum atomic E-state index is 12.2. The van der Waals surface area contributed by atoms with E-state index in [1.165, 1.54) is 12.7 Å². The quantitative estimate of drug-likeness (QED) is 0.844. The predicted molar refractivity (Wildman–Crippen MR) is 65.8 cm³/mol. The zero-order valence-electron chi connectivity index (χ0n) is 10.9. The van der Waals surface area contributed by atoms with Gasteiger partial charge < -0.3 is 4.52 Å². The Labute approximate surface area is 110 Å². The Morgan fingerprint density at radius 1 is 1.47 bits per heavy atom. The van der Waals surface area contributed by atoms with E-state index in [4.69, 9.17) is 4.52 Å². The van der Waals surface area contributed by atoms with E-state index in [9.17, 15) is 8.42 Å². The number of nitrogens with zero attached hydrogens (tertiary/aromatic N) is 4. The van der Waals surface area contributed by atoms with E-state index in [0.29, 0.717) is 12.2 Å². The van der Waals surface area contributed by atoms with Crippen molar-refractivity contribution >= 4 is 10.0 Å². The summed E-state index contributed by atoms with van der Waals surface area (Å²) in [5.41, 5.74) is 0.345. The molecule has 1 atom stereocenters. The van der Waals surface area contributed by atoms with Crippen LogP contribution in [0.1, 0.15) is 18.4 Å². The summed E-state index contributed by atoms with van der Waals surface area (Å²) in [6.45, 7) is 5.30. The van der Waals surface area contributed by atoms with Crippen molar-refractivity contribution in [2.45, 2.75) is 38.3 Å². The van der Waals surface area contributed by atoms with Crippen molar-refractivity contribution < 1.29 is 12.9 Å². The lowest BCUT2D eigenvalue weighted by Gasteiger charge is -2.13. The van der Waals surface area contributed by atoms with Gasteiger partial charge in [0.15, 0.2) is 5.76 Å². The molecule has 9 heteroatoms. The molecule has 8 nitrogen and oxygen atoms in total. The first-order valence-electron chi connectivity index (χ1n) is 5.68. The third-order valence-corrected chi connectivity index (χ3v) is 4.35. The highest BCUT2D eigenvalue weighted by Crippen LogP contribution is 2.18. The van der Waals surface area contributed by atoms with Crippen LogP contribution in [0, 0.1) is 13.8 Å². The summed E-state index contributed by atoms with van der Waals surface area (Å²) in [4.78, 5) is 3.89. The highest BCUT2D eigenvalue weighted by atomic mass is 32.2. The molecule has 0 bridgehead atoms. The lowest BCUT2D eigenvalue weighted by molar-refractivity contribution is 0.390. The normalized spacial score (nSPS) is 13.6. The fourth-order valence-electron chi connectivity index (χ4n) is 1.83. The summed E-state index contributed by atoms with van der Waals surface area (Å²) in [6, 6.07) is -0.333. The van der Waals surface area contributed by atoms with Crippen molar-refractivity contribution in [1.29, 1.82) is 0 Å². The summed E-state index contributed by atoms with van der Waals surface area (Å²) >= 11 is 0. The van der Waals surface area contributed by atoms with E-state index < -0.39 is 10.0 Å². The molecular weight excluding hydrogens is 270 g/mol. The molecule has 2 rings (SSSR count). The minimum Gasteiger partial charge on any atom is -0.360 e. The van der Waals surface area contributed by atoms with Gasteiger partial charge in [-0.1, -0.05) is 5.16 Å². The largest absolute Gasteiger partial charge is 0.360 e. The van der Waals surface area contributed by atoms with Gasteiger partial charge in [0, 0.05) is 6.04 Å². The molecule has 1 unspecified atom stereocenters. The first-order chi connectivity index (χ1) is 8.90. The summed E-state index contributed by atoms with van der Waals surface area (Å²) in [6.07, 6.45) is 2.93. The van der Waals surface area contributed by atoms with E-state index in [-0.39, 0.29) is 16.7 Å². The molecule has 19 heavy (non-hydrogen) atoms. The minimum absolute atomic E-state index is 0.0953. The third kappa shape index (κ3) is 2.99. The van der Waals surface area contributed by atoms with E-state index in [2.05, 4.69) is 20.0 Å². The highest BCUT2D eigenvalue weighted by molar-refractivity contribution is 7.89. The fourth-order valence-corrected chi connectivity index (χ4v) is 3.39. The van der Waals surface area contributed by atoms with Crippen LogP contribution < -0.4 is 4.72 Å². The second-order valence-electron chi connectivity index (χ2n) is 4.29. The molecule has 2 aromatic heterocycles. The molecule has 0 aliphatic rings. The Morgan fingerprint density at radius 3 is 2.74 bits per heavy atom. The third-order valence-electron chi connectivity index (χ3n) is 2.52. The number of nitrogens with one attached hydrogen (secondary N) is 1. The fraction of sp³-hybridized carbons (Fsp3) is 0.500. The van der Waals surface area contributed by atoms with Crippen LogP contribution >= 0.6 is 0 Å². The Morgan fingerprint density at radius 2 is 2.21 bits per heavy atom. The summed E-state index contributed by atoms with van der Waals surface area (Å²) < 4.78 is 33.4. The Hall–Kier alpha value is -1.74. The number of hydrogen-bond acceptors (Lipinski definition) is 6. The van der Waals surface area contributed by atoms with Crippen LogP contribution in [-0.2, 0) is 16.6 Å². The number of hydrogen-bond donors (Lipinski definition) is 1. The lowest BCUT2D eigenvalue weighted by atomic mass is 10.4. The van der Waals surface area contributed by atoms with Crippen molar-refractivity contribution in [1.82, 2.24) is 24.6 Å². The van der Waals surface area contributed by atoms with Crippen molar-refractivity contribution in [3.05, 3.63) is 24.1 Å². The molecule has 0 aliphatic heterocycles. The Kier molecular flexibility index (Phi) is 3.67. The first kappa shape index (κ1) is 13.7. The van der Waals surface area contributed by atoms with Gasteiger partial charge >= 0.3 is 0 Å². The Bertz CT molecular complexity index is 627. The average molecular weight is 285 g/mol. The van der Waals surface area contributed by atoms with Crippen LogP contribution in [0.2, 0.25) is 0 Å². The summed E-state index contributed by atoms with van der Waals surface area (Å²) in [7, 11) is -3.65. The maximum Gasteiger partial charge on any atom is 0.246 e. The topological polar surface area (TPSA) is 103 Å². The highest BCUT2D eigenvalue weighted by Gasteiger charge is 2.25. The zero-order chi connectivity index (χ0) is 14.0. The molecule has 2 aromatic rings. The smallest absolute Gasteiger partial charge is 0.246 e.